The van der Waals surface area contributed by atoms with E-state index in [1.807, 2.05) is 25.1 Å². The van der Waals surface area contributed by atoms with Gasteiger partial charge in [-0.1, -0.05) is 22.8 Å². The molecule has 0 radical (unpaired) electrons. The molecule has 6 nitrogen and oxygen atoms in total. The molecule has 2 aromatic rings. The van der Waals surface area contributed by atoms with Gasteiger partial charge in [0.15, 0.2) is 11.5 Å². The third-order valence-corrected chi connectivity index (χ3v) is 2.91. The zero-order valence-corrected chi connectivity index (χ0v) is 11.1. The van der Waals surface area contributed by atoms with Crippen LogP contribution in [0.3, 0.4) is 0 Å². The molecular weight excluding hydrogens is 268 g/mol. The Hall–Kier alpha value is -1.92. The Balaban J connectivity index is 2.20. The lowest BCUT2D eigenvalue weighted by Gasteiger charge is -2.04. The van der Waals surface area contributed by atoms with Crippen molar-refractivity contribution in [1.82, 2.24) is 10.3 Å². The Morgan fingerprint density at radius 1 is 1.47 bits per heavy atom. The lowest BCUT2D eigenvalue weighted by Crippen LogP contribution is -2.16. The van der Waals surface area contributed by atoms with Gasteiger partial charge >= 0.3 is 0 Å². The van der Waals surface area contributed by atoms with Gasteiger partial charge in [0, 0.05) is 5.02 Å². The summed E-state index contributed by atoms with van der Waals surface area (Å²) in [7, 11) is 0. The van der Waals surface area contributed by atoms with E-state index in [1.54, 1.807) is 0 Å². The Morgan fingerprint density at radius 3 is 3.00 bits per heavy atom. The van der Waals surface area contributed by atoms with Crippen LogP contribution in [-0.2, 0) is 13.2 Å². The van der Waals surface area contributed by atoms with Crippen molar-refractivity contribution in [1.29, 1.82) is 0 Å². The SMILES string of the molecule is Cc1ccc(Cl)cc1CN=C(N)c1nonc1CO. The first kappa shape index (κ1) is 13.5. The van der Waals surface area contributed by atoms with E-state index in [2.05, 4.69) is 19.9 Å². The number of aliphatic hydroxyl groups is 1. The summed E-state index contributed by atoms with van der Waals surface area (Å²) in [5, 5.41) is 16.8. The second-order valence-electron chi connectivity index (χ2n) is 3.99. The third-order valence-electron chi connectivity index (χ3n) is 2.68. The number of rotatable bonds is 4. The Labute approximate surface area is 114 Å². The summed E-state index contributed by atoms with van der Waals surface area (Å²) < 4.78 is 4.51. The van der Waals surface area contributed by atoms with E-state index in [0.717, 1.165) is 11.1 Å². The fraction of sp³-hybridized carbons (Fsp3) is 0.250. The summed E-state index contributed by atoms with van der Waals surface area (Å²) in [4.78, 5) is 4.21. The number of nitrogens with zero attached hydrogens (tertiary/aromatic N) is 3. The van der Waals surface area contributed by atoms with Crippen molar-refractivity contribution in [3.8, 4) is 0 Å². The molecule has 0 saturated heterocycles. The molecule has 1 aromatic carbocycles. The van der Waals surface area contributed by atoms with Gasteiger partial charge in [-0.05, 0) is 35.3 Å². The summed E-state index contributed by atoms with van der Waals surface area (Å²) in [6.45, 7) is 2.04. The Bertz CT molecular complexity index is 610. The first-order valence-electron chi connectivity index (χ1n) is 5.59. The van der Waals surface area contributed by atoms with Crippen molar-refractivity contribution in [2.75, 3.05) is 0 Å². The lowest BCUT2D eigenvalue weighted by atomic mass is 10.1. The highest BCUT2D eigenvalue weighted by Crippen LogP contribution is 2.16. The fourth-order valence-corrected chi connectivity index (χ4v) is 1.76. The molecule has 2 rings (SSSR count). The van der Waals surface area contributed by atoms with E-state index in [0.29, 0.717) is 11.6 Å². The number of hydrogen-bond donors (Lipinski definition) is 2. The molecule has 1 heterocycles. The maximum absolute atomic E-state index is 9.03. The number of aliphatic imine (C=N–C) groups is 1. The van der Waals surface area contributed by atoms with Gasteiger partial charge in [-0.15, -0.1) is 0 Å². The average molecular weight is 281 g/mol. The van der Waals surface area contributed by atoms with Crippen LogP contribution in [0.15, 0.2) is 27.8 Å². The minimum atomic E-state index is -0.300. The molecule has 0 aliphatic rings. The molecule has 19 heavy (non-hydrogen) atoms. The maximum atomic E-state index is 9.03. The molecule has 0 unspecified atom stereocenters. The summed E-state index contributed by atoms with van der Waals surface area (Å²) in [5.74, 6) is 0.171. The maximum Gasteiger partial charge on any atom is 0.175 e. The molecule has 0 fully saturated rings. The minimum absolute atomic E-state index is 0.171. The molecule has 0 aliphatic carbocycles. The molecule has 0 aliphatic heterocycles. The van der Waals surface area contributed by atoms with E-state index in [4.69, 9.17) is 22.4 Å². The van der Waals surface area contributed by atoms with E-state index >= 15 is 0 Å². The summed E-state index contributed by atoms with van der Waals surface area (Å²) >= 11 is 5.93. The van der Waals surface area contributed by atoms with Gasteiger partial charge in [0.25, 0.3) is 0 Å². The molecule has 0 amide bonds. The first-order chi connectivity index (χ1) is 9.11. The molecule has 0 bridgehead atoms. The Kier molecular flexibility index (Phi) is 4.13. The second-order valence-corrected chi connectivity index (χ2v) is 4.43. The van der Waals surface area contributed by atoms with E-state index in [1.165, 1.54) is 0 Å². The van der Waals surface area contributed by atoms with Gasteiger partial charge in [-0.3, -0.25) is 4.99 Å². The summed E-state index contributed by atoms with van der Waals surface area (Å²) in [6.07, 6.45) is 0. The molecule has 0 spiro atoms. The van der Waals surface area contributed by atoms with Crippen LogP contribution in [0.4, 0.5) is 0 Å². The quantitative estimate of drug-likeness (QED) is 0.652. The smallest absolute Gasteiger partial charge is 0.175 e. The average Bonchev–Trinajstić information content (AvgIpc) is 2.88. The number of aryl methyl sites for hydroxylation is 1. The predicted molar refractivity (Wildman–Crippen MR) is 70.8 cm³/mol. The number of aliphatic hydroxyl groups excluding tert-OH is 1. The van der Waals surface area contributed by atoms with E-state index in [-0.39, 0.29) is 23.8 Å². The fourth-order valence-electron chi connectivity index (χ4n) is 1.56. The van der Waals surface area contributed by atoms with E-state index < -0.39 is 0 Å². The Morgan fingerprint density at radius 2 is 2.26 bits per heavy atom. The van der Waals surface area contributed by atoms with Crippen LogP contribution in [0.5, 0.6) is 0 Å². The van der Waals surface area contributed by atoms with E-state index in [9.17, 15) is 0 Å². The third kappa shape index (κ3) is 3.10. The molecular formula is C12H13ClN4O2. The van der Waals surface area contributed by atoms with Crippen molar-refractivity contribution < 1.29 is 9.74 Å². The topological polar surface area (TPSA) is 97.5 Å². The zero-order chi connectivity index (χ0) is 13.8. The lowest BCUT2D eigenvalue weighted by molar-refractivity contribution is 0.254. The first-order valence-corrected chi connectivity index (χ1v) is 5.97. The van der Waals surface area contributed by atoms with Crippen LogP contribution in [0, 0.1) is 6.92 Å². The highest BCUT2D eigenvalue weighted by atomic mass is 35.5. The normalized spacial score (nSPS) is 11.8. The van der Waals surface area contributed by atoms with Crippen molar-refractivity contribution in [3.63, 3.8) is 0 Å². The van der Waals surface area contributed by atoms with Crippen molar-refractivity contribution in [2.45, 2.75) is 20.1 Å². The van der Waals surface area contributed by atoms with Crippen LogP contribution in [0.2, 0.25) is 5.02 Å². The molecule has 100 valence electrons. The summed E-state index contributed by atoms with van der Waals surface area (Å²) in [5.41, 5.74) is 8.37. The largest absolute Gasteiger partial charge is 0.390 e. The van der Waals surface area contributed by atoms with Crippen molar-refractivity contribution in [3.05, 3.63) is 45.7 Å². The van der Waals surface area contributed by atoms with Crippen LogP contribution in [0.1, 0.15) is 22.5 Å². The second kappa shape index (κ2) is 5.81. The van der Waals surface area contributed by atoms with Gasteiger partial charge in [-0.2, -0.15) is 0 Å². The number of aromatic nitrogens is 2. The van der Waals surface area contributed by atoms with Crippen LogP contribution < -0.4 is 5.73 Å². The standard InChI is InChI=1S/C12H13ClN4O2/c1-7-2-3-9(13)4-8(7)5-15-12(14)11-10(6-18)16-19-17-11/h2-4,18H,5-6H2,1H3,(H2,14,15). The number of nitrogens with two attached hydrogens (primary N) is 1. The molecule has 3 N–H and O–H groups in total. The predicted octanol–water partition coefficient (Wildman–Crippen LogP) is 1.43. The number of amidine groups is 1. The van der Waals surface area contributed by atoms with Crippen LogP contribution in [0.25, 0.3) is 0 Å². The molecule has 0 atom stereocenters. The number of benzene rings is 1. The van der Waals surface area contributed by atoms with Gasteiger partial charge < -0.3 is 10.8 Å². The summed E-state index contributed by atoms with van der Waals surface area (Å²) in [6, 6.07) is 5.57. The molecule has 7 heteroatoms. The number of hydrogen-bond acceptors (Lipinski definition) is 5. The highest BCUT2D eigenvalue weighted by Gasteiger charge is 2.12. The monoisotopic (exact) mass is 280 g/mol. The van der Waals surface area contributed by atoms with Gasteiger partial charge in [0.05, 0.1) is 13.2 Å². The van der Waals surface area contributed by atoms with Crippen molar-refractivity contribution >= 4 is 17.4 Å². The van der Waals surface area contributed by atoms with Gasteiger partial charge in [0.1, 0.15) is 5.69 Å². The highest BCUT2D eigenvalue weighted by molar-refractivity contribution is 6.30. The molecule has 0 saturated carbocycles. The molecule has 1 aromatic heterocycles. The van der Waals surface area contributed by atoms with Crippen molar-refractivity contribution in [2.24, 2.45) is 10.7 Å². The minimum Gasteiger partial charge on any atom is -0.390 e. The zero-order valence-electron chi connectivity index (χ0n) is 10.3. The van der Waals surface area contributed by atoms with Gasteiger partial charge in [0.2, 0.25) is 0 Å². The number of halogens is 1. The van der Waals surface area contributed by atoms with Crippen LogP contribution in [-0.4, -0.2) is 21.3 Å². The van der Waals surface area contributed by atoms with Crippen LogP contribution >= 0.6 is 11.6 Å². The van der Waals surface area contributed by atoms with Gasteiger partial charge in [-0.25, -0.2) is 4.63 Å².